The van der Waals surface area contributed by atoms with Crippen molar-refractivity contribution in [3.05, 3.63) is 28.0 Å². The summed E-state index contributed by atoms with van der Waals surface area (Å²) < 4.78 is 19.1. The average Bonchev–Trinajstić information content (AvgIpc) is 2.21. The molecule has 1 aromatic rings. The van der Waals surface area contributed by atoms with E-state index in [1.807, 2.05) is 0 Å². The van der Waals surface area contributed by atoms with Crippen molar-refractivity contribution in [1.29, 1.82) is 0 Å². The van der Waals surface area contributed by atoms with Crippen LogP contribution in [0, 0.1) is 5.82 Å². The van der Waals surface area contributed by atoms with E-state index in [9.17, 15) is 4.39 Å². The lowest BCUT2D eigenvalue weighted by Gasteiger charge is -2.26. The van der Waals surface area contributed by atoms with Gasteiger partial charge in [-0.15, -0.1) is 0 Å². The Hall–Kier alpha value is -0.0900. The van der Waals surface area contributed by atoms with Crippen LogP contribution in [0.25, 0.3) is 0 Å². The van der Waals surface area contributed by atoms with Crippen LogP contribution in [-0.2, 0) is 5.41 Å². The summed E-state index contributed by atoms with van der Waals surface area (Å²) in [6.07, 6.45) is 0.960. The van der Waals surface area contributed by atoms with E-state index in [1.54, 1.807) is 13.2 Å². The maximum Gasteiger partial charge on any atom is 0.141 e. The lowest BCUT2D eigenvalue weighted by Crippen LogP contribution is -2.19. The Bertz CT molecular complexity index is 378. The molecule has 1 rings (SSSR count). The normalized spacial score (nSPS) is 11.6. The molecule has 0 fully saturated rings. The van der Waals surface area contributed by atoms with Crippen molar-refractivity contribution in [3.63, 3.8) is 0 Å². The van der Waals surface area contributed by atoms with Gasteiger partial charge in [0.05, 0.1) is 11.6 Å². The van der Waals surface area contributed by atoms with Crippen molar-refractivity contribution in [1.82, 2.24) is 0 Å². The number of benzene rings is 1. The molecule has 0 unspecified atom stereocenters. The highest BCUT2D eigenvalue weighted by Gasteiger charge is 2.25. The van der Waals surface area contributed by atoms with Crippen LogP contribution in [-0.4, -0.2) is 12.4 Å². The molecule has 16 heavy (non-hydrogen) atoms. The van der Waals surface area contributed by atoms with Gasteiger partial charge >= 0.3 is 0 Å². The van der Waals surface area contributed by atoms with E-state index in [1.165, 1.54) is 6.07 Å². The van der Waals surface area contributed by atoms with Gasteiger partial charge in [0.15, 0.2) is 0 Å². The van der Waals surface area contributed by atoms with Crippen LogP contribution in [0.5, 0.6) is 5.75 Å². The molecule has 0 amide bonds. The molecule has 0 aliphatic heterocycles. The van der Waals surface area contributed by atoms with Gasteiger partial charge in [-0.05, 0) is 33.8 Å². The lowest BCUT2D eigenvalue weighted by molar-refractivity contribution is 0.386. The fraction of sp³-hybridized carbons (Fsp3) is 0.500. The number of halogens is 3. The van der Waals surface area contributed by atoms with Crippen molar-refractivity contribution < 1.29 is 9.13 Å². The smallest absolute Gasteiger partial charge is 0.141 e. The first-order valence-corrected chi connectivity index (χ1v) is 6.93. The Kier molecular flexibility index (Phi) is 4.80. The first kappa shape index (κ1) is 14.0. The van der Waals surface area contributed by atoms with E-state index >= 15 is 0 Å². The molecule has 0 aromatic heterocycles. The first-order chi connectivity index (χ1) is 7.42. The van der Waals surface area contributed by atoms with Crippen LogP contribution in [0.1, 0.15) is 25.8 Å². The molecule has 1 aromatic carbocycles. The van der Waals surface area contributed by atoms with Gasteiger partial charge in [-0.2, -0.15) is 0 Å². The molecule has 0 atom stereocenters. The van der Waals surface area contributed by atoms with Crippen molar-refractivity contribution in [2.45, 2.75) is 25.7 Å². The van der Waals surface area contributed by atoms with Gasteiger partial charge in [-0.25, -0.2) is 4.39 Å². The number of methoxy groups -OCH3 is 1. The summed E-state index contributed by atoms with van der Waals surface area (Å²) in [5.41, 5.74) is 0.966. The summed E-state index contributed by atoms with van der Waals surface area (Å²) in [5, 5.41) is 0.901. The number of ether oxygens (including phenoxy) is 1. The van der Waals surface area contributed by atoms with Gasteiger partial charge in [-0.3, -0.25) is 0 Å². The fourth-order valence-corrected chi connectivity index (χ4v) is 2.93. The number of alkyl halides is 1. The second-order valence-electron chi connectivity index (χ2n) is 4.29. The Morgan fingerprint density at radius 2 is 2.00 bits per heavy atom. The lowest BCUT2D eigenvalue weighted by atomic mass is 9.81. The zero-order chi connectivity index (χ0) is 12.3. The molecule has 1 nitrogen and oxygen atoms in total. The maximum atomic E-state index is 13.4. The van der Waals surface area contributed by atoms with E-state index in [0.717, 1.165) is 17.3 Å². The van der Waals surface area contributed by atoms with Gasteiger partial charge in [0.2, 0.25) is 0 Å². The Morgan fingerprint density at radius 3 is 2.50 bits per heavy atom. The zero-order valence-electron chi connectivity index (χ0n) is 9.61. The SMILES string of the molecule is COc1cc(F)c(Br)cc1C(C)(C)CCBr. The predicted octanol–water partition coefficient (Wildman–Crippen LogP) is 4.66. The van der Waals surface area contributed by atoms with Crippen molar-refractivity contribution in [3.8, 4) is 5.75 Å². The van der Waals surface area contributed by atoms with Crippen molar-refractivity contribution >= 4 is 31.9 Å². The summed E-state index contributed by atoms with van der Waals surface area (Å²) >= 11 is 6.65. The largest absolute Gasteiger partial charge is 0.496 e. The third-order valence-electron chi connectivity index (χ3n) is 2.69. The minimum atomic E-state index is -0.296. The monoisotopic (exact) mass is 352 g/mol. The van der Waals surface area contributed by atoms with Crippen LogP contribution in [0.15, 0.2) is 16.6 Å². The molecule has 0 aliphatic carbocycles. The molecule has 4 heteroatoms. The summed E-state index contributed by atoms with van der Waals surface area (Å²) in [6.45, 7) is 4.24. The Labute approximate surface area is 113 Å². The van der Waals surface area contributed by atoms with E-state index in [0.29, 0.717) is 10.2 Å². The van der Waals surface area contributed by atoms with Crippen LogP contribution in [0.4, 0.5) is 4.39 Å². The second-order valence-corrected chi connectivity index (χ2v) is 5.94. The highest BCUT2D eigenvalue weighted by atomic mass is 79.9. The third kappa shape index (κ3) is 2.98. The molecule has 0 spiro atoms. The van der Waals surface area contributed by atoms with E-state index in [2.05, 4.69) is 45.7 Å². The van der Waals surface area contributed by atoms with Gasteiger partial charge in [0.1, 0.15) is 11.6 Å². The highest BCUT2D eigenvalue weighted by Crippen LogP contribution is 2.37. The van der Waals surface area contributed by atoms with Gasteiger partial charge in [-0.1, -0.05) is 29.8 Å². The maximum absolute atomic E-state index is 13.4. The van der Waals surface area contributed by atoms with Gasteiger partial charge in [0.25, 0.3) is 0 Å². The van der Waals surface area contributed by atoms with Crippen LogP contribution in [0.3, 0.4) is 0 Å². The zero-order valence-corrected chi connectivity index (χ0v) is 12.8. The van der Waals surface area contributed by atoms with Crippen molar-refractivity contribution in [2.75, 3.05) is 12.4 Å². The highest BCUT2D eigenvalue weighted by molar-refractivity contribution is 9.10. The number of hydrogen-bond acceptors (Lipinski definition) is 1. The Morgan fingerprint density at radius 1 is 1.38 bits per heavy atom. The standard InChI is InChI=1S/C12H15Br2FO/c1-12(2,4-5-13)8-6-9(14)10(15)7-11(8)16-3/h6-7H,4-5H2,1-3H3. The van der Waals surface area contributed by atoms with Gasteiger partial charge < -0.3 is 4.74 Å². The Balaban J connectivity index is 3.26. The molecule has 0 aliphatic rings. The molecule has 0 saturated carbocycles. The number of hydrogen-bond donors (Lipinski definition) is 0. The van der Waals surface area contributed by atoms with Crippen LogP contribution in [0.2, 0.25) is 0 Å². The minimum Gasteiger partial charge on any atom is -0.496 e. The number of rotatable bonds is 4. The topological polar surface area (TPSA) is 9.23 Å². The molecule has 90 valence electrons. The second kappa shape index (κ2) is 5.50. The van der Waals surface area contributed by atoms with Crippen LogP contribution >= 0.6 is 31.9 Å². The summed E-state index contributed by atoms with van der Waals surface area (Å²) in [4.78, 5) is 0. The minimum absolute atomic E-state index is 0.0505. The molecular formula is C12H15Br2FO. The molecule has 0 radical (unpaired) electrons. The summed E-state index contributed by atoms with van der Waals surface area (Å²) in [5.74, 6) is 0.307. The van der Waals surface area contributed by atoms with E-state index in [-0.39, 0.29) is 11.2 Å². The first-order valence-electron chi connectivity index (χ1n) is 5.02. The fourth-order valence-electron chi connectivity index (χ4n) is 1.60. The average molecular weight is 354 g/mol. The predicted molar refractivity (Wildman–Crippen MR) is 72.1 cm³/mol. The molecule has 0 saturated heterocycles. The quantitative estimate of drug-likeness (QED) is 0.715. The molecule has 0 bridgehead atoms. The van der Waals surface area contributed by atoms with Crippen molar-refractivity contribution in [2.24, 2.45) is 0 Å². The van der Waals surface area contributed by atoms with E-state index < -0.39 is 0 Å². The van der Waals surface area contributed by atoms with Gasteiger partial charge in [0, 0.05) is 17.0 Å². The third-order valence-corrected chi connectivity index (χ3v) is 3.70. The molecule has 0 heterocycles. The molecular weight excluding hydrogens is 339 g/mol. The van der Waals surface area contributed by atoms with E-state index in [4.69, 9.17) is 4.74 Å². The van der Waals surface area contributed by atoms with Crippen LogP contribution < -0.4 is 4.74 Å². The molecule has 0 N–H and O–H groups in total. The summed E-state index contributed by atoms with van der Waals surface area (Å²) in [6, 6.07) is 3.23. The summed E-state index contributed by atoms with van der Waals surface area (Å²) in [7, 11) is 1.57.